The third kappa shape index (κ3) is 3.61. The van der Waals surface area contributed by atoms with Gasteiger partial charge in [-0.1, -0.05) is 18.1 Å². The van der Waals surface area contributed by atoms with Gasteiger partial charge in [-0.25, -0.2) is 4.79 Å². The molecule has 0 unspecified atom stereocenters. The first-order chi connectivity index (χ1) is 12.1. The number of aryl methyl sites for hydroxylation is 1. The molecule has 2 aromatic rings. The maximum Gasteiger partial charge on any atom is 0.335 e. The molecule has 0 saturated heterocycles. The van der Waals surface area contributed by atoms with Gasteiger partial charge in [-0.05, 0) is 60.4 Å². The van der Waals surface area contributed by atoms with Crippen molar-refractivity contribution < 1.29 is 19.4 Å². The molecule has 1 aliphatic carbocycles. The lowest BCUT2D eigenvalue weighted by molar-refractivity contribution is 0.0696. The van der Waals surface area contributed by atoms with Crippen molar-refractivity contribution in [3.63, 3.8) is 0 Å². The van der Waals surface area contributed by atoms with Gasteiger partial charge in [0.2, 0.25) is 0 Å². The van der Waals surface area contributed by atoms with E-state index in [9.17, 15) is 9.59 Å². The number of carboxylic acid groups (broad SMARTS) is 1. The summed E-state index contributed by atoms with van der Waals surface area (Å²) in [5, 5.41) is 9.06. The lowest BCUT2D eigenvalue weighted by Gasteiger charge is -2.18. The Morgan fingerprint density at radius 1 is 1.20 bits per heavy atom. The predicted octanol–water partition coefficient (Wildman–Crippen LogP) is 3.61. The van der Waals surface area contributed by atoms with Gasteiger partial charge in [0.25, 0.3) is 0 Å². The number of aromatic carboxylic acids is 1. The van der Waals surface area contributed by atoms with E-state index in [2.05, 4.69) is 5.92 Å². The molecule has 0 bridgehead atoms. The smallest absolute Gasteiger partial charge is 0.335 e. The van der Waals surface area contributed by atoms with Crippen LogP contribution in [0.1, 0.15) is 38.3 Å². The zero-order valence-electron chi connectivity index (χ0n) is 13.5. The first kappa shape index (κ1) is 16.5. The van der Waals surface area contributed by atoms with E-state index in [1.54, 1.807) is 12.1 Å². The summed E-state index contributed by atoms with van der Waals surface area (Å²) in [5.74, 6) is 2.06. The van der Waals surface area contributed by atoms with E-state index in [4.69, 9.17) is 16.3 Å². The Hall–Kier alpha value is -3.32. The quantitative estimate of drug-likeness (QED) is 0.686. The van der Waals surface area contributed by atoms with Crippen molar-refractivity contribution in [3.05, 3.63) is 70.3 Å². The minimum atomic E-state index is -0.983. The summed E-state index contributed by atoms with van der Waals surface area (Å²) >= 11 is 0. The molecule has 0 fully saturated rings. The highest BCUT2D eigenvalue weighted by Gasteiger charge is 2.22. The van der Waals surface area contributed by atoms with Crippen LogP contribution < -0.4 is 4.74 Å². The highest BCUT2D eigenvalue weighted by Crippen LogP contribution is 2.28. The Balaban J connectivity index is 1.82. The van der Waals surface area contributed by atoms with E-state index in [-0.39, 0.29) is 18.0 Å². The van der Waals surface area contributed by atoms with E-state index in [1.165, 1.54) is 6.07 Å². The minimum Gasteiger partial charge on any atom is -0.481 e. The van der Waals surface area contributed by atoms with Crippen LogP contribution in [0, 0.1) is 12.3 Å². The van der Waals surface area contributed by atoms with E-state index in [0.29, 0.717) is 29.7 Å². The molecular weight excluding hydrogens is 316 g/mol. The van der Waals surface area contributed by atoms with Crippen molar-refractivity contribution in [2.24, 2.45) is 0 Å². The number of terminal acetylenes is 1. The summed E-state index contributed by atoms with van der Waals surface area (Å²) in [7, 11) is 0. The van der Waals surface area contributed by atoms with E-state index < -0.39 is 5.97 Å². The summed E-state index contributed by atoms with van der Waals surface area (Å²) in [5.41, 5.74) is 3.20. The fourth-order valence-corrected chi connectivity index (χ4v) is 2.84. The van der Waals surface area contributed by atoms with Gasteiger partial charge in [-0.15, -0.1) is 6.42 Å². The topological polar surface area (TPSA) is 63.6 Å². The summed E-state index contributed by atoms with van der Waals surface area (Å²) in [6, 6.07) is 12.0. The third-order valence-electron chi connectivity index (χ3n) is 4.10. The van der Waals surface area contributed by atoms with Crippen LogP contribution in [0.15, 0.2) is 48.0 Å². The number of hydrogen-bond acceptors (Lipinski definition) is 3. The minimum absolute atomic E-state index is 0.0501. The molecule has 4 heteroatoms. The van der Waals surface area contributed by atoms with Crippen molar-refractivity contribution >= 4 is 17.8 Å². The molecule has 0 aromatic heterocycles. The van der Waals surface area contributed by atoms with E-state index >= 15 is 0 Å². The number of ketones is 1. The first-order valence-electron chi connectivity index (χ1n) is 7.86. The SMILES string of the molecule is C#CCOc1ccc(C=C2CCc3cc(C(=O)O)ccc3C2=O)cc1. The predicted molar refractivity (Wildman–Crippen MR) is 94.8 cm³/mol. The van der Waals surface area contributed by atoms with Gasteiger partial charge >= 0.3 is 5.97 Å². The second kappa shape index (κ2) is 7.06. The summed E-state index contributed by atoms with van der Waals surface area (Å²) < 4.78 is 5.33. The van der Waals surface area contributed by atoms with Crippen LogP contribution in [0.5, 0.6) is 5.75 Å². The number of hydrogen-bond donors (Lipinski definition) is 1. The zero-order chi connectivity index (χ0) is 17.8. The van der Waals surface area contributed by atoms with Crippen LogP contribution in [-0.2, 0) is 6.42 Å². The van der Waals surface area contributed by atoms with Crippen LogP contribution in [-0.4, -0.2) is 23.5 Å². The van der Waals surface area contributed by atoms with Crippen LogP contribution in [0.25, 0.3) is 6.08 Å². The molecule has 0 aliphatic heterocycles. The molecule has 0 amide bonds. The Labute approximate surface area is 145 Å². The molecule has 3 rings (SSSR count). The van der Waals surface area contributed by atoms with Crippen LogP contribution in [0.2, 0.25) is 0 Å². The summed E-state index contributed by atoms with van der Waals surface area (Å²) in [6.45, 7) is 0.216. The maximum atomic E-state index is 12.6. The molecule has 25 heavy (non-hydrogen) atoms. The Bertz CT molecular complexity index is 898. The molecule has 0 saturated carbocycles. The molecular formula is C21H16O4. The van der Waals surface area contributed by atoms with Gasteiger partial charge in [0.15, 0.2) is 5.78 Å². The Morgan fingerprint density at radius 3 is 2.64 bits per heavy atom. The van der Waals surface area contributed by atoms with Gasteiger partial charge in [-0.2, -0.15) is 0 Å². The normalized spacial score (nSPS) is 14.7. The van der Waals surface area contributed by atoms with Gasteiger partial charge in [0.1, 0.15) is 12.4 Å². The lowest BCUT2D eigenvalue weighted by Crippen LogP contribution is -2.15. The van der Waals surface area contributed by atoms with Crippen LogP contribution in [0.4, 0.5) is 0 Å². The highest BCUT2D eigenvalue weighted by molar-refractivity contribution is 6.13. The molecule has 2 aromatic carbocycles. The van der Waals surface area contributed by atoms with E-state index in [0.717, 1.165) is 11.1 Å². The number of allylic oxidation sites excluding steroid dienone is 1. The second-order valence-electron chi connectivity index (χ2n) is 5.74. The zero-order valence-corrected chi connectivity index (χ0v) is 13.5. The number of carbonyl (C=O) groups excluding carboxylic acids is 1. The molecule has 1 aliphatic rings. The number of rotatable bonds is 4. The molecule has 0 radical (unpaired) electrons. The van der Waals surface area contributed by atoms with Gasteiger partial charge in [-0.3, -0.25) is 4.79 Å². The third-order valence-corrected chi connectivity index (χ3v) is 4.10. The Morgan fingerprint density at radius 2 is 1.96 bits per heavy atom. The summed E-state index contributed by atoms with van der Waals surface area (Å²) in [4.78, 5) is 23.7. The number of carbonyl (C=O) groups is 2. The fraction of sp³-hybridized carbons (Fsp3) is 0.143. The lowest BCUT2D eigenvalue weighted by atomic mass is 9.85. The number of benzene rings is 2. The first-order valence-corrected chi connectivity index (χ1v) is 7.86. The molecule has 4 nitrogen and oxygen atoms in total. The van der Waals surface area contributed by atoms with Gasteiger partial charge in [0.05, 0.1) is 5.56 Å². The average molecular weight is 332 g/mol. The largest absolute Gasteiger partial charge is 0.481 e. The maximum absolute atomic E-state index is 12.6. The van der Waals surface area contributed by atoms with Crippen molar-refractivity contribution in [1.29, 1.82) is 0 Å². The summed E-state index contributed by atoms with van der Waals surface area (Å²) in [6.07, 6.45) is 8.26. The Kier molecular flexibility index (Phi) is 4.67. The van der Waals surface area contributed by atoms with Crippen molar-refractivity contribution in [2.45, 2.75) is 12.8 Å². The molecule has 124 valence electrons. The van der Waals surface area contributed by atoms with Crippen molar-refractivity contribution in [2.75, 3.05) is 6.61 Å². The molecule has 0 heterocycles. The number of ether oxygens (including phenoxy) is 1. The second-order valence-corrected chi connectivity index (χ2v) is 5.74. The number of Topliss-reactive ketones (excluding diaryl/α,β-unsaturated/α-hetero) is 1. The highest BCUT2D eigenvalue weighted by atomic mass is 16.5. The van der Waals surface area contributed by atoms with Crippen LogP contribution >= 0.6 is 0 Å². The van der Waals surface area contributed by atoms with Gasteiger partial charge < -0.3 is 9.84 Å². The molecule has 1 N–H and O–H groups in total. The van der Waals surface area contributed by atoms with Crippen molar-refractivity contribution in [3.8, 4) is 18.1 Å². The van der Waals surface area contributed by atoms with Gasteiger partial charge in [0, 0.05) is 11.1 Å². The van der Waals surface area contributed by atoms with E-state index in [1.807, 2.05) is 30.3 Å². The number of fused-ring (bicyclic) bond motifs is 1. The van der Waals surface area contributed by atoms with Crippen LogP contribution in [0.3, 0.4) is 0 Å². The fourth-order valence-electron chi connectivity index (χ4n) is 2.84. The monoisotopic (exact) mass is 332 g/mol. The van der Waals surface area contributed by atoms with Crippen molar-refractivity contribution in [1.82, 2.24) is 0 Å². The molecule has 0 spiro atoms. The number of carboxylic acids is 1. The standard InChI is InChI=1S/C21H16O4/c1-2-11-25-18-8-3-14(4-9-18)12-16-6-5-15-13-17(21(23)24)7-10-19(15)20(16)22/h1,3-4,7-10,12-13H,5-6,11H2,(H,23,24). The average Bonchev–Trinajstić information content (AvgIpc) is 2.63. The molecule has 0 atom stereocenters.